The van der Waals surface area contributed by atoms with Crippen LogP contribution in [0.1, 0.15) is 36.2 Å². The van der Waals surface area contributed by atoms with E-state index >= 15 is 0 Å². The van der Waals surface area contributed by atoms with Crippen molar-refractivity contribution in [3.05, 3.63) is 24.0 Å². The van der Waals surface area contributed by atoms with Crippen molar-refractivity contribution >= 4 is 5.78 Å². The van der Waals surface area contributed by atoms with Crippen LogP contribution in [0.25, 0.3) is 0 Å². The smallest absolute Gasteiger partial charge is 0.204 e. The van der Waals surface area contributed by atoms with Gasteiger partial charge in [-0.3, -0.25) is 4.79 Å². The molecule has 86 valence electrons. The van der Waals surface area contributed by atoms with E-state index in [1.165, 1.54) is 7.11 Å². The van der Waals surface area contributed by atoms with Gasteiger partial charge in [0.05, 0.1) is 12.6 Å². The van der Waals surface area contributed by atoms with Gasteiger partial charge in [0.15, 0.2) is 0 Å². The molecule has 0 spiro atoms. The van der Waals surface area contributed by atoms with Crippen molar-refractivity contribution in [2.45, 2.75) is 31.2 Å². The average molecular weight is 220 g/mol. The Labute approximate surface area is 94.8 Å². The number of rotatable bonds is 3. The van der Waals surface area contributed by atoms with Gasteiger partial charge < -0.3 is 10.5 Å². The lowest BCUT2D eigenvalue weighted by molar-refractivity contribution is 0.0883. The number of nitrogens with two attached hydrogens (primary N) is 1. The molecule has 1 aromatic heterocycles. The van der Waals surface area contributed by atoms with Gasteiger partial charge >= 0.3 is 0 Å². The number of methoxy groups -OCH3 is 1. The molecule has 1 aliphatic rings. The van der Waals surface area contributed by atoms with Gasteiger partial charge in [0.2, 0.25) is 5.78 Å². The zero-order valence-corrected chi connectivity index (χ0v) is 9.40. The molecule has 0 radical (unpaired) electrons. The number of hydrogen-bond donors (Lipinski definition) is 1. The first-order chi connectivity index (χ1) is 7.67. The Bertz CT molecular complexity index is 398. The van der Waals surface area contributed by atoms with Crippen molar-refractivity contribution in [1.82, 2.24) is 4.98 Å². The molecule has 2 N–H and O–H groups in total. The summed E-state index contributed by atoms with van der Waals surface area (Å²) in [5.41, 5.74) is 5.73. The van der Waals surface area contributed by atoms with E-state index in [9.17, 15) is 4.79 Å². The summed E-state index contributed by atoms with van der Waals surface area (Å²) in [5.74, 6) is 0.409. The van der Waals surface area contributed by atoms with Crippen molar-refractivity contribution in [2.75, 3.05) is 7.11 Å². The minimum atomic E-state index is -0.734. The Morgan fingerprint density at radius 2 is 2.19 bits per heavy atom. The molecule has 0 aliphatic heterocycles. The van der Waals surface area contributed by atoms with Crippen LogP contribution in [0, 0.1) is 0 Å². The number of pyridine rings is 1. The largest absolute Gasteiger partial charge is 0.494 e. The number of Topliss-reactive ketones (excluding diaryl/α,β-unsaturated/α-hetero) is 1. The van der Waals surface area contributed by atoms with Gasteiger partial charge in [-0.15, -0.1) is 0 Å². The van der Waals surface area contributed by atoms with Gasteiger partial charge in [-0.25, -0.2) is 4.98 Å². The monoisotopic (exact) mass is 220 g/mol. The molecule has 0 saturated heterocycles. The number of aromatic nitrogens is 1. The fourth-order valence-electron chi connectivity index (χ4n) is 2.19. The number of nitrogens with zero attached hydrogens (tertiary/aromatic N) is 1. The van der Waals surface area contributed by atoms with Gasteiger partial charge in [0.1, 0.15) is 11.4 Å². The van der Waals surface area contributed by atoms with Crippen LogP contribution >= 0.6 is 0 Å². The summed E-state index contributed by atoms with van der Waals surface area (Å²) in [5, 5.41) is 0. The SMILES string of the molecule is COc1cccnc1C(=O)C1(N)CCCC1. The third-order valence-electron chi connectivity index (χ3n) is 3.15. The molecule has 2 rings (SSSR count). The Morgan fingerprint density at radius 1 is 1.50 bits per heavy atom. The van der Waals surface area contributed by atoms with Gasteiger partial charge in [-0.1, -0.05) is 12.8 Å². The van der Waals surface area contributed by atoms with Crippen molar-refractivity contribution < 1.29 is 9.53 Å². The van der Waals surface area contributed by atoms with E-state index in [4.69, 9.17) is 10.5 Å². The van der Waals surface area contributed by atoms with E-state index in [1.54, 1.807) is 18.3 Å². The van der Waals surface area contributed by atoms with Gasteiger partial charge in [0.25, 0.3) is 0 Å². The maximum Gasteiger partial charge on any atom is 0.204 e. The number of ether oxygens (including phenoxy) is 1. The van der Waals surface area contributed by atoms with Gasteiger partial charge in [-0.2, -0.15) is 0 Å². The summed E-state index contributed by atoms with van der Waals surface area (Å²) in [6.45, 7) is 0. The number of hydrogen-bond acceptors (Lipinski definition) is 4. The molecule has 1 saturated carbocycles. The molecule has 0 unspecified atom stereocenters. The summed E-state index contributed by atoms with van der Waals surface area (Å²) >= 11 is 0. The van der Waals surface area contributed by atoms with Crippen molar-refractivity contribution in [3.8, 4) is 5.75 Å². The van der Waals surface area contributed by atoms with Crippen LogP contribution in [0.2, 0.25) is 0 Å². The number of ketones is 1. The Morgan fingerprint density at radius 3 is 2.81 bits per heavy atom. The second-order valence-corrected chi connectivity index (χ2v) is 4.25. The summed E-state index contributed by atoms with van der Waals surface area (Å²) in [6, 6.07) is 3.48. The molecule has 1 aliphatic carbocycles. The molecule has 0 amide bonds. The molecule has 4 heteroatoms. The highest BCUT2D eigenvalue weighted by Gasteiger charge is 2.39. The molecule has 0 atom stereocenters. The second kappa shape index (κ2) is 4.22. The normalized spacial score (nSPS) is 18.4. The molecule has 4 nitrogen and oxygen atoms in total. The molecule has 16 heavy (non-hydrogen) atoms. The molecular weight excluding hydrogens is 204 g/mol. The maximum atomic E-state index is 12.3. The minimum absolute atomic E-state index is 0.0950. The topological polar surface area (TPSA) is 65.2 Å². The number of carbonyl (C=O) groups excluding carboxylic acids is 1. The molecule has 0 aromatic carbocycles. The van der Waals surface area contributed by atoms with E-state index in [-0.39, 0.29) is 5.78 Å². The molecule has 1 fully saturated rings. The van der Waals surface area contributed by atoms with Gasteiger partial charge in [0, 0.05) is 6.20 Å². The zero-order valence-electron chi connectivity index (χ0n) is 9.40. The van der Waals surface area contributed by atoms with Crippen molar-refractivity contribution in [1.29, 1.82) is 0 Å². The van der Waals surface area contributed by atoms with E-state index in [1.807, 2.05) is 0 Å². The zero-order chi connectivity index (χ0) is 11.6. The van der Waals surface area contributed by atoms with Crippen LogP contribution in [-0.2, 0) is 0 Å². The Kier molecular flexibility index (Phi) is 2.92. The predicted molar refractivity (Wildman–Crippen MR) is 60.5 cm³/mol. The molecule has 1 heterocycles. The Hall–Kier alpha value is -1.42. The van der Waals surface area contributed by atoms with E-state index < -0.39 is 5.54 Å². The lowest BCUT2D eigenvalue weighted by Gasteiger charge is -2.21. The first kappa shape index (κ1) is 11.1. The van der Waals surface area contributed by atoms with E-state index in [0.717, 1.165) is 25.7 Å². The Balaban J connectivity index is 2.33. The van der Waals surface area contributed by atoms with Crippen LogP contribution < -0.4 is 10.5 Å². The summed E-state index contributed by atoms with van der Waals surface area (Å²) in [6.07, 6.45) is 5.10. The second-order valence-electron chi connectivity index (χ2n) is 4.25. The average Bonchev–Trinajstić information content (AvgIpc) is 2.76. The minimum Gasteiger partial charge on any atom is -0.494 e. The lowest BCUT2D eigenvalue weighted by atomic mass is 9.91. The highest BCUT2D eigenvalue weighted by molar-refractivity contribution is 6.03. The highest BCUT2D eigenvalue weighted by atomic mass is 16.5. The maximum absolute atomic E-state index is 12.3. The third kappa shape index (κ3) is 1.80. The highest BCUT2D eigenvalue weighted by Crippen LogP contribution is 2.32. The first-order valence-corrected chi connectivity index (χ1v) is 5.50. The van der Waals surface area contributed by atoms with Crippen LogP contribution in [0.3, 0.4) is 0 Å². The predicted octanol–water partition coefficient (Wildman–Crippen LogP) is 1.54. The van der Waals surface area contributed by atoms with Crippen molar-refractivity contribution in [3.63, 3.8) is 0 Å². The van der Waals surface area contributed by atoms with Crippen LogP contribution in [0.5, 0.6) is 5.75 Å². The van der Waals surface area contributed by atoms with E-state index in [0.29, 0.717) is 11.4 Å². The molecular formula is C12H16N2O2. The van der Waals surface area contributed by atoms with E-state index in [2.05, 4.69) is 4.98 Å². The standard InChI is InChI=1S/C12H16N2O2/c1-16-9-5-4-8-14-10(9)11(15)12(13)6-2-3-7-12/h4-5,8H,2-3,6-7,13H2,1H3. The van der Waals surface area contributed by atoms with Crippen LogP contribution in [0.15, 0.2) is 18.3 Å². The van der Waals surface area contributed by atoms with Crippen molar-refractivity contribution in [2.24, 2.45) is 5.73 Å². The summed E-state index contributed by atoms with van der Waals surface area (Å²) in [4.78, 5) is 16.4. The molecule has 1 aromatic rings. The van der Waals surface area contributed by atoms with Crippen LogP contribution in [-0.4, -0.2) is 23.4 Å². The molecule has 0 bridgehead atoms. The van der Waals surface area contributed by atoms with Gasteiger partial charge in [-0.05, 0) is 25.0 Å². The summed E-state index contributed by atoms with van der Waals surface area (Å²) < 4.78 is 5.13. The third-order valence-corrected chi connectivity index (χ3v) is 3.15. The fourth-order valence-corrected chi connectivity index (χ4v) is 2.19. The number of carbonyl (C=O) groups is 1. The summed E-state index contributed by atoms with van der Waals surface area (Å²) in [7, 11) is 1.53. The first-order valence-electron chi connectivity index (χ1n) is 5.50. The fraction of sp³-hybridized carbons (Fsp3) is 0.500. The lowest BCUT2D eigenvalue weighted by Crippen LogP contribution is -2.45. The quantitative estimate of drug-likeness (QED) is 0.785. The van der Waals surface area contributed by atoms with Crippen LogP contribution in [0.4, 0.5) is 0 Å².